The van der Waals surface area contributed by atoms with E-state index in [-0.39, 0.29) is 24.0 Å². The smallest absolute Gasteiger partial charge is 0.191 e. The first-order chi connectivity index (χ1) is 8.78. The van der Waals surface area contributed by atoms with E-state index in [4.69, 9.17) is 4.52 Å². The minimum absolute atomic E-state index is 0. The zero-order valence-corrected chi connectivity index (χ0v) is 13.3. The van der Waals surface area contributed by atoms with E-state index >= 15 is 0 Å². The maximum atomic E-state index is 4.76. The normalized spacial score (nSPS) is 10.9. The SMILES string of the molecule is CN=C(NCc1ccn(C)c1)NCc1ccon1.I. The van der Waals surface area contributed by atoms with Gasteiger partial charge in [-0.3, -0.25) is 4.99 Å². The number of aryl methyl sites for hydroxylation is 1. The van der Waals surface area contributed by atoms with Crippen molar-refractivity contribution >= 4 is 29.9 Å². The molecule has 7 heteroatoms. The fourth-order valence-electron chi connectivity index (χ4n) is 1.57. The molecular formula is C12H18IN5O. The van der Waals surface area contributed by atoms with Crippen molar-refractivity contribution < 1.29 is 4.52 Å². The summed E-state index contributed by atoms with van der Waals surface area (Å²) in [4.78, 5) is 4.14. The van der Waals surface area contributed by atoms with E-state index in [1.165, 1.54) is 5.56 Å². The molecule has 0 saturated heterocycles. The zero-order chi connectivity index (χ0) is 12.8. The van der Waals surface area contributed by atoms with Crippen molar-refractivity contribution in [1.82, 2.24) is 20.4 Å². The molecule has 19 heavy (non-hydrogen) atoms. The van der Waals surface area contributed by atoms with E-state index in [1.54, 1.807) is 13.3 Å². The summed E-state index contributed by atoms with van der Waals surface area (Å²) in [5.74, 6) is 0.738. The topological polar surface area (TPSA) is 67.4 Å². The highest BCUT2D eigenvalue weighted by Crippen LogP contribution is 1.98. The summed E-state index contributed by atoms with van der Waals surface area (Å²) in [5, 5.41) is 10.2. The van der Waals surface area contributed by atoms with Gasteiger partial charge in [-0.15, -0.1) is 24.0 Å². The number of hydrogen-bond donors (Lipinski definition) is 2. The number of rotatable bonds is 4. The molecule has 2 aromatic heterocycles. The molecule has 2 heterocycles. The molecule has 0 aliphatic carbocycles. The van der Waals surface area contributed by atoms with Gasteiger partial charge in [0, 0.05) is 39.1 Å². The van der Waals surface area contributed by atoms with Crippen molar-refractivity contribution in [2.24, 2.45) is 12.0 Å². The van der Waals surface area contributed by atoms with Gasteiger partial charge in [0.15, 0.2) is 5.96 Å². The molecule has 6 nitrogen and oxygen atoms in total. The Hall–Kier alpha value is -1.51. The Morgan fingerprint density at radius 2 is 2.16 bits per heavy atom. The van der Waals surface area contributed by atoms with Gasteiger partial charge in [-0.05, 0) is 11.6 Å². The van der Waals surface area contributed by atoms with Crippen molar-refractivity contribution in [1.29, 1.82) is 0 Å². The van der Waals surface area contributed by atoms with Crippen LogP contribution in [0.15, 0.2) is 40.3 Å². The molecule has 104 valence electrons. The minimum atomic E-state index is 0. The Bertz CT molecular complexity index is 506. The van der Waals surface area contributed by atoms with Crippen molar-refractivity contribution in [3.05, 3.63) is 42.0 Å². The Kier molecular flexibility index (Phi) is 6.40. The molecule has 2 aromatic rings. The van der Waals surface area contributed by atoms with Gasteiger partial charge in [-0.2, -0.15) is 0 Å². The van der Waals surface area contributed by atoms with Gasteiger partial charge in [0.2, 0.25) is 0 Å². The van der Waals surface area contributed by atoms with Crippen molar-refractivity contribution in [3.63, 3.8) is 0 Å². The molecule has 2 rings (SSSR count). The number of halogens is 1. The summed E-state index contributed by atoms with van der Waals surface area (Å²) in [6, 6.07) is 3.88. The lowest BCUT2D eigenvalue weighted by molar-refractivity contribution is 0.410. The molecular weight excluding hydrogens is 357 g/mol. The van der Waals surface area contributed by atoms with Crippen molar-refractivity contribution in [2.75, 3.05) is 7.05 Å². The van der Waals surface area contributed by atoms with Gasteiger partial charge in [-0.1, -0.05) is 5.16 Å². The first kappa shape index (κ1) is 15.5. The second-order valence-electron chi connectivity index (χ2n) is 3.96. The third kappa shape index (κ3) is 4.93. The highest BCUT2D eigenvalue weighted by Gasteiger charge is 2.01. The first-order valence-corrected chi connectivity index (χ1v) is 5.72. The van der Waals surface area contributed by atoms with Crippen LogP contribution in [-0.2, 0) is 20.1 Å². The lowest BCUT2D eigenvalue weighted by Crippen LogP contribution is -2.36. The monoisotopic (exact) mass is 375 g/mol. The molecule has 0 bridgehead atoms. The summed E-state index contributed by atoms with van der Waals surface area (Å²) < 4.78 is 6.78. The average molecular weight is 375 g/mol. The largest absolute Gasteiger partial charge is 0.364 e. The van der Waals surface area contributed by atoms with Gasteiger partial charge in [0.1, 0.15) is 12.0 Å². The van der Waals surface area contributed by atoms with E-state index in [0.29, 0.717) is 6.54 Å². The van der Waals surface area contributed by atoms with Gasteiger partial charge in [0.25, 0.3) is 0 Å². The molecule has 0 aromatic carbocycles. The van der Waals surface area contributed by atoms with Crippen LogP contribution in [0, 0.1) is 0 Å². The summed E-state index contributed by atoms with van der Waals surface area (Å²) in [6.07, 6.45) is 5.64. The van der Waals surface area contributed by atoms with Crippen LogP contribution in [0.3, 0.4) is 0 Å². The first-order valence-electron chi connectivity index (χ1n) is 5.72. The highest BCUT2D eigenvalue weighted by atomic mass is 127. The van der Waals surface area contributed by atoms with Gasteiger partial charge >= 0.3 is 0 Å². The molecule has 0 saturated carbocycles. The minimum Gasteiger partial charge on any atom is -0.364 e. The van der Waals surface area contributed by atoms with Crippen LogP contribution in [0.1, 0.15) is 11.3 Å². The Morgan fingerprint density at radius 3 is 2.74 bits per heavy atom. The second-order valence-corrected chi connectivity index (χ2v) is 3.96. The number of guanidine groups is 1. The Balaban J connectivity index is 0.00000180. The van der Waals surface area contributed by atoms with Crippen molar-refractivity contribution in [2.45, 2.75) is 13.1 Å². The lowest BCUT2D eigenvalue weighted by Gasteiger charge is -2.09. The van der Waals surface area contributed by atoms with Crippen LogP contribution in [0.5, 0.6) is 0 Å². The maximum absolute atomic E-state index is 4.76. The fraction of sp³-hybridized carbons (Fsp3) is 0.333. The number of nitrogens with zero attached hydrogens (tertiary/aromatic N) is 3. The molecule has 0 amide bonds. The van der Waals surface area contributed by atoms with Crippen LogP contribution in [0.4, 0.5) is 0 Å². The molecule has 2 N–H and O–H groups in total. The van der Waals surface area contributed by atoms with Crippen LogP contribution >= 0.6 is 24.0 Å². The van der Waals surface area contributed by atoms with Crippen LogP contribution in [0.2, 0.25) is 0 Å². The van der Waals surface area contributed by atoms with Gasteiger partial charge in [0.05, 0.1) is 6.54 Å². The summed E-state index contributed by atoms with van der Waals surface area (Å²) >= 11 is 0. The number of nitrogens with one attached hydrogen (secondary N) is 2. The van der Waals surface area contributed by atoms with Crippen LogP contribution in [0.25, 0.3) is 0 Å². The molecule has 0 fully saturated rings. The van der Waals surface area contributed by atoms with E-state index in [1.807, 2.05) is 23.9 Å². The van der Waals surface area contributed by atoms with E-state index < -0.39 is 0 Å². The Labute approximate surface area is 129 Å². The maximum Gasteiger partial charge on any atom is 0.191 e. The van der Waals surface area contributed by atoms with Gasteiger partial charge < -0.3 is 19.7 Å². The lowest BCUT2D eigenvalue weighted by atomic mass is 10.3. The van der Waals surface area contributed by atoms with E-state index in [9.17, 15) is 0 Å². The van der Waals surface area contributed by atoms with E-state index in [2.05, 4.69) is 33.0 Å². The third-order valence-electron chi connectivity index (χ3n) is 2.50. The molecule has 0 aliphatic heterocycles. The predicted molar refractivity (Wildman–Crippen MR) is 84.4 cm³/mol. The average Bonchev–Trinajstić information content (AvgIpc) is 3.01. The highest BCUT2D eigenvalue weighted by molar-refractivity contribution is 14.0. The quantitative estimate of drug-likeness (QED) is 0.483. The predicted octanol–water partition coefficient (Wildman–Crippen LogP) is 1.50. The Morgan fingerprint density at radius 1 is 1.37 bits per heavy atom. The summed E-state index contributed by atoms with van der Waals surface area (Å²) in [7, 11) is 3.74. The molecule has 0 unspecified atom stereocenters. The number of aliphatic imine (C=N–C) groups is 1. The van der Waals surface area contributed by atoms with Crippen molar-refractivity contribution in [3.8, 4) is 0 Å². The second kappa shape index (κ2) is 7.82. The van der Waals surface area contributed by atoms with E-state index in [0.717, 1.165) is 18.2 Å². The summed E-state index contributed by atoms with van der Waals surface area (Å²) in [5.41, 5.74) is 2.06. The fourth-order valence-corrected chi connectivity index (χ4v) is 1.57. The molecule has 0 spiro atoms. The van der Waals surface area contributed by atoms with Gasteiger partial charge in [-0.25, -0.2) is 0 Å². The van der Waals surface area contributed by atoms with Crippen LogP contribution < -0.4 is 10.6 Å². The molecule has 0 aliphatic rings. The third-order valence-corrected chi connectivity index (χ3v) is 2.50. The number of hydrogen-bond acceptors (Lipinski definition) is 3. The number of aromatic nitrogens is 2. The molecule has 0 radical (unpaired) electrons. The standard InChI is InChI=1S/C12H17N5O.HI/c1-13-12(15-8-11-4-6-18-16-11)14-7-10-3-5-17(2)9-10;/h3-6,9H,7-8H2,1-2H3,(H2,13,14,15);1H. The molecule has 0 atom stereocenters. The van der Waals surface area contributed by atoms with Crippen LogP contribution in [-0.4, -0.2) is 22.7 Å². The zero-order valence-electron chi connectivity index (χ0n) is 11.0. The summed E-state index contributed by atoms with van der Waals surface area (Å²) in [6.45, 7) is 1.32.